The van der Waals surface area contributed by atoms with Gasteiger partial charge in [0.15, 0.2) is 0 Å². The summed E-state index contributed by atoms with van der Waals surface area (Å²) in [6, 6.07) is -0.896. The van der Waals surface area contributed by atoms with Gasteiger partial charge in [0.05, 0.1) is 37.9 Å². The summed E-state index contributed by atoms with van der Waals surface area (Å²) >= 11 is 0. The molecule has 1 amide bonds. The van der Waals surface area contributed by atoms with E-state index in [9.17, 15) is 24.5 Å². The molecule has 0 spiro atoms. The van der Waals surface area contributed by atoms with Crippen molar-refractivity contribution in [3.8, 4) is 0 Å². The number of hydrogen-bond acceptors (Lipinski definition) is 7. The van der Waals surface area contributed by atoms with Gasteiger partial charge in [0.1, 0.15) is 0 Å². The van der Waals surface area contributed by atoms with Gasteiger partial charge in [0.2, 0.25) is 5.91 Å². The molecule has 0 aromatic heterocycles. The number of amides is 1. The quantitative estimate of drug-likeness (QED) is 0.0231. The van der Waals surface area contributed by atoms with Gasteiger partial charge in [-0.1, -0.05) is 206 Å². The fourth-order valence-corrected chi connectivity index (χ4v) is 8.05. The van der Waals surface area contributed by atoms with Crippen LogP contribution in [0.5, 0.6) is 0 Å². The molecule has 0 radical (unpaired) electrons. The molecule has 334 valence electrons. The first kappa shape index (κ1) is 55.2. The Morgan fingerprint density at radius 1 is 0.589 bits per heavy atom. The molecule has 0 aliphatic rings. The van der Waals surface area contributed by atoms with Crippen LogP contribution in [-0.2, 0) is 18.4 Å². The minimum Gasteiger partial charge on any atom is -0.393 e. The number of nitrogens with two attached hydrogens (primary N) is 1. The number of phosphoric acid groups is 1. The average Bonchev–Trinajstić information content (AvgIpc) is 3.17. The van der Waals surface area contributed by atoms with Crippen molar-refractivity contribution in [1.29, 1.82) is 0 Å². The molecular weight excluding hydrogens is 723 g/mol. The highest BCUT2D eigenvalue weighted by molar-refractivity contribution is 7.47. The van der Waals surface area contributed by atoms with Crippen LogP contribution in [0.4, 0.5) is 0 Å². The number of hydrogen-bond donors (Lipinski definition) is 5. The van der Waals surface area contributed by atoms with E-state index >= 15 is 0 Å². The van der Waals surface area contributed by atoms with Gasteiger partial charge < -0.3 is 26.2 Å². The maximum Gasteiger partial charge on any atom is 0.472 e. The number of unbranched alkanes of at least 4 members (excludes halogenated alkanes) is 29. The normalized spacial score (nSPS) is 14.6. The van der Waals surface area contributed by atoms with Gasteiger partial charge in [-0.05, 0) is 38.5 Å². The first-order valence-electron chi connectivity index (χ1n) is 23.9. The molecule has 0 saturated carbocycles. The molecule has 0 aliphatic heterocycles. The second-order valence-corrected chi connectivity index (χ2v) is 18.0. The lowest BCUT2D eigenvalue weighted by Gasteiger charge is -2.25. The second kappa shape index (κ2) is 42.3. The standard InChI is InChI=1S/C46H93N2O7P/c1-3-5-7-9-11-13-15-17-19-20-21-22-24-25-27-29-31-33-35-37-43(49)41-46(51)48-44(42-55-56(52,53)54-40-39-47)45(50)38-36-34-32-30-28-26-23-18-16-14-12-10-8-6-4-2/h22,24,43-45,49-50H,3-21,23,25-42,47H2,1-2H3,(H,48,51)(H,52,53)/b24-22-. The Labute approximate surface area is 346 Å². The summed E-state index contributed by atoms with van der Waals surface area (Å²) in [5.74, 6) is -0.415. The smallest absolute Gasteiger partial charge is 0.393 e. The Balaban J connectivity index is 4.19. The third-order valence-electron chi connectivity index (χ3n) is 10.9. The van der Waals surface area contributed by atoms with Crippen molar-refractivity contribution < 1.29 is 33.5 Å². The number of phosphoric ester groups is 1. The zero-order valence-corrected chi connectivity index (χ0v) is 37.7. The molecule has 4 atom stereocenters. The topological polar surface area (TPSA) is 151 Å². The van der Waals surface area contributed by atoms with E-state index < -0.39 is 32.0 Å². The van der Waals surface area contributed by atoms with Gasteiger partial charge in [0.25, 0.3) is 0 Å². The third kappa shape index (κ3) is 40.0. The SMILES string of the molecule is CCCCCCCCCCCC/C=C\CCCCCCCC(O)CC(=O)NC(COP(=O)(O)OCCN)C(O)CCCCCCCCCCCCCCCCC. The zero-order valence-electron chi connectivity index (χ0n) is 36.8. The minimum absolute atomic E-state index is 0.0602. The molecule has 4 unspecified atom stereocenters. The van der Waals surface area contributed by atoms with Crippen molar-refractivity contribution in [2.45, 2.75) is 257 Å². The van der Waals surface area contributed by atoms with Crippen molar-refractivity contribution in [3.63, 3.8) is 0 Å². The second-order valence-electron chi connectivity index (χ2n) is 16.5. The van der Waals surface area contributed by atoms with Crippen molar-refractivity contribution in [1.82, 2.24) is 5.32 Å². The lowest BCUT2D eigenvalue weighted by molar-refractivity contribution is -0.125. The van der Waals surface area contributed by atoms with Crippen molar-refractivity contribution in [2.75, 3.05) is 19.8 Å². The summed E-state index contributed by atoms with van der Waals surface area (Å²) in [5.41, 5.74) is 5.38. The summed E-state index contributed by atoms with van der Waals surface area (Å²) in [6.07, 6.45) is 44.0. The number of carbonyl (C=O) groups is 1. The lowest BCUT2D eigenvalue weighted by Crippen LogP contribution is -2.47. The molecule has 0 bridgehead atoms. The van der Waals surface area contributed by atoms with E-state index in [1.165, 1.54) is 161 Å². The number of rotatable bonds is 45. The third-order valence-corrected chi connectivity index (χ3v) is 11.9. The van der Waals surface area contributed by atoms with E-state index in [0.29, 0.717) is 12.8 Å². The Morgan fingerprint density at radius 2 is 0.964 bits per heavy atom. The van der Waals surface area contributed by atoms with E-state index in [1.54, 1.807) is 0 Å². The van der Waals surface area contributed by atoms with Crippen LogP contribution in [-0.4, -0.2) is 59.0 Å². The molecule has 10 heteroatoms. The molecule has 9 nitrogen and oxygen atoms in total. The number of aliphatic hydroxyl groups is 2. The summed E-state index contributed by atoms with van der Waals surface area (Å²) in [4.78, 5) is 22.8. The number of carbonyl (C=O) groups excluding carboxylic acids is 1. The van der Waals surface area contributed by atoms with E-state index in [1.807, 2.05) is 0 Å². The Kier molecular flexibility index (Phi) is 41.7. The molecule has 0 aromatic rings. The highest BCUT2D eigenvalue weighted by Gasteiger charge is 2.28. The Bertz CT molecular complexity index is 909. The van der Waals surface area contributed by atoms with Crippen LogP contribution in [0.15, 0.2) is 12.2 Å². The lowest BCUT2D eigenvalue weighted by atomic mass is 10.0. The summed E-state index contributed by atoms with van der Waals surface area (Å²) in [6.45, 7) is 4.07. The first-order chi connectivity index (χ1) is 27.3. The van der Waals surface area contributed by atoms with Crippen LogP contribution >= 0.6 is 7.82 Å². The molecule has 0 fully saturated rings. The fraction of sp³-hybridized carbons (Fsp3) is 0.935. The predicted molar refractivity (Wildman–Crippen MR) is 237 cm³/mol. The molecule has 0 heterocycles. The van der Waals surface area contributed by atoms with E-state index in [2.05, 4.69) is 31.3 Å². The predicted octanol–water partition coefficient (Wildman–Crippen LogP) is 12.5. The highest BCUT2D eigenvalue weighted by atomic mass is 31.2. The summed E-state index contributed by atoms with van der Waals surface area (Å²) < 4.78 is 22.2. The van der Waals surface area contributed by atoms with Crippen molar-refractivity contribution >= 4 is 13.7 Å². The maximum atomic E-state index is 12.9. The molecular formula is C46H93N2O7P. The minimum atomic E-state index is -4.38. The van der Waals surface area contributed by atoms with Crippen LogP contribution < -0.4 is 11.1 Å². The average molecular weight is 817 g/mol. The maximum absolute atomic E-state index is 12.9. The largest absolute Gasteiger partial charge is 0.472 e. The number of aliphatic hydroxyl groups excluding tert-OH is 2. The van der Waals surface area contributed by atoms with E-state index in [4.69, 9.17) is 14.8 Å². The molecule has 0 aliphatic carbocycles. The number of nitrogens with one attached hydrogen (secondary N) is 1. The van der Waals surface area contributed by atoms with Gasteiger partial charge in [-0.2, -0.15) is 0 Å². The van der Waals surface area contributed by atoms with Gasteiger partial charge in [-0.15, -0.1) is 0 Å². The van der Waals surface area contributed by atoms with Gasteiger partial charge in [-0.3, -0.25) is 13.8 Å². The zero-order chi connectivity index (χ0) is 41.2. The van der Waals surface area contributed by atoms with Crippen LogP contribution in [0.2, 0.25) is 0 Å². The van der Waals surface area contributed by atoms with Gasteiger partial charge in [0, 0.05) is 6.54 Å². The molecule has 0 saturated heterocycles. The van der Waals surface area contributed by atoms with E-state index in [-0.39, 0.29) is 26.2 Å². The van der Waals surface area contributed by atoms with Gasteiger partial charge in [-0.25, -0.2) is 4.57 Å². The summed E-state index contributed by atoms with van der Waals surface area (Å²) in [5, 5.41) is 24.2. The van der Waals surface area contributed by atoms with Crippen LogP contribution in [0.25, 0.3) is 0 Å². The van der Waals surface area contributed by atoms with E-state index in [0.717, 1.165) is 44.9 Å². The Hall–Kier alpha value is -0.800. The van der Waals surface area contributed by atoms with Gasteiger partial charge >= 0.3 is 7.82 Å². The van der Waals surface area contributed by atoms with Crippen molar-refractivity contribution in [3.05, 3.63) is 12.2 Å². The monoisotopic (exact) mass is 817 g/mol. The Morgan fingerprint density at radius 3 is 1.38 bits per heavy atom. The number of allylic oxidation sites excluding steroid dienone is 2. The van der Waals surface area contributed by atoms with Crippen LogP contribution in [0.1, 0.15) is 239 Å². The highest BCUT2D eigenvalue weighted by Crippen LogP contribution is 2.43. The summed E-state index contributed by atoms with van der Waals surface area (Å²) in [7, 11) is -4.38. The van der Waals surface area contributed by atoms with Crippen molar-refractivity contribution in [2.24, 2.45) is 5.73 Å². The molecule has 6 N–H and O–H groups in total. The molecule has 0 rings (SSSR count). The molecule has 56 heavy (non-hydrogen) atoms. The fourth-order valence-electron chi connectivity index (χ4n) is 7.29. The molecule has 0 aromatic carbocycles. The van der Waals surface area contributed by atoms with Crippen LogP contribution in [0.3, 0.4) is 0 Å². The van der Waals surface area contributed by atoms with Crippen LogP contribution in [0, 0.1) is 0 Å². The first-order valence-corrected chi connectivity index (χ1v) is 25.4.